The largest absolute Gasteiger partial charge is 0.385 e. The maximum Gasteiger partial charge on any atom is 0.191 e. The number of nitrogens with one attached hydrogen (secondary N) is 2. The Morgan fingerprint density at radius 1 is 1.19 bits per heavy atom. The van der Waals surface area contributed by atoms with Crippen LogP contribution in [0.2, 0.25) is 0 Å². The van der Waals surface area contributed by atoms with Crippen LogP contribution in [-0.4, -0.2) is 39.3 Å². The van der Waals surface area contributed by atoms with E-state index in [9.17, 15) is 0 Å². The minimum atomic E-state index is 0. The van der Waals surface area contributed by atoms with Crippen molar-refractivity contribution < 1.29 is 4.74 Å². The summed E-state index contributed by atoms with van der Waals surface area (Å²) in [6.45, 7) is 8.04. The van der Waals surface area contributed by atoms with Gasteiger partial charge in [-0.05, 0) is 38.0 Å². The molecule has 5 heteroatoms. The van der Waals surface area contributed by atoms with Crippen LogP contribution < -0.4 is 10.6 Å². The summed E-state index contributed by atoms with van der Waals surface area (Å²) in [5.41, 5.74) is 0.378. The van der Waals surface area contributed by atoms with Crippen molar-refractivity contribution in [2.75, 3.05) is 33.4 Å². The van der Waals surface area contributed by atoms with Crippen LogP contribution in [0.5, 0.6) is 0 Å². The Labute approximate surface area is 147 Å². The zero-order valence-electron chi connectivity index (χ0n) is 14.0. The summed E-state index contributed by atoms with van der Waals surface area (Å²) in [5.74, 6) is 0.977. The summed E-state index contributed by atoms with van der Waals surface area (Å²) in [4.78, 5) is 4.83. The lowest BCUT2D eigenvalue weighted by Gasteiger charge is -2.27. The summed E-state index contributed by atoms with van der Waals surface area (Å²) in [6, 6.07) is 0. The highest BCUT2D eigenvalue weighted by Crippen LogP contribution is 2.41. The predicted molar refractivity (Wildman–Crippen MR) is 102 cm³/mol. The molecule has 0 atom stereocenters. The van der Waals surface area contributed by atoms with Gasteiger partial charge in [0.25, 0.3) is 0 Å². The fraction of sp³-hybridized carbons (Fsp3) is 0.938. The number of nitrogens with zero attached hydrogens (tertiary/aromatic N) is 1. The molecule has 0 spiro atoms. The summed E-state index contributed by atoms with van der Waals surface area (Å²) in [5, 5.41) is 6.77. The second kappa shape index (κ2) is 12.5. The van der Waals surface area contributed by atoms with Gasteiger partial charge in [0.15, 0.2) is 5.96 Å². The van der Waals surface area contributed by atoms with Crippen molar-refractivity contribution >= 4 is 29.9 Å². The van der Waals surface area contributed by atoms with E-state index in [-0.39, 0.29) is 24.0 Å². The minimum Gasteiger partial charge on any atom is -0.385 e. The van der Waals surface area contributed by atoms with Crippen LogP contribution in [0.4, 0.5) is 0 Å². The third kappa shape index (κ3) is 8.24. The maximum absolute atomic E-state index is 5.28. The van der Waals surface area contributed by atoms with Gasteiger partial charge in [-0.1, -0.05) is 26.2 Å². The zero-order valence-corrected chi connectivity index (χ0v) is 16.4. The van der Waals surface area contributed by atoms with E-state index in [0.29, 0.717) is 5.41 Å². The zero-order chi connectivity index (χ0) is 14.7. The molecule has 0 heterocycles. The number of unbranched alkanes of at least 4 members (excludes halogenated alkanes) is 1. The van der Waals surface area contributed by atoms with Crippen LogP contribution in [0.15, 0.2) is 4.99 Å². The summed E-state index contributed by atoms with van der Waals surface area (Å²) in [6.07, 6.45) is 8.84. The van der Waals surface area contributed by atoms with Gasteiger partial charge in [-0.15, -0.1) is 24.0 Å². The van der Waals surface area contributed by atoms with Crippen LogP contribution in [0.25, 0.3) is 0 Å². The molecular weight excluding hydrogens is 377 g/mol. The van der Waals surface area contributed by atoms with Crippen molar-refractivity contribution in [2.24, 2.45) is 10.4 Å². The Morgan fingerprint density at radius 2 is 1.90 bits per heavy atom. The highest BCUT2D eigenvalue weighted by atomic mass is 127. The predicted octanol–water partition coefficient (Wildman–Crippen LogP) is 3.56. The number of rotatable bonds is 9. The van der Waals surface area contributed by atoms with E-state index in [1.807, 2.05) is 0 Å². The van der Waals surface area contributed by atoms with E-state index in [4.69, 9.17) is 9.73 Å². The van der Waals surface area contributed by atoms with Crippen LogP contribution >= 0.6 is 24.0 Å². The number of methoxy groups -OCH3 is 1. The first kappa shape index (κ1) is 21.0. The lowest BCUT2D eigenvalue weighted by molar-refractivity contribution is 0.141. The molecule has 21 heavy (non-hydrogen) atoms. The van der Waals surface area contributed by atoms with E-state index in [0.717, 1.165) is 38.6 Å². The monoisotopic (exact) mass is 411 g/mol. The Balaban J connectivity index is 0.00000400. The van der Waals surface area contributed by atoms with Crippen LogP contribution in [0.3, 0.4) is 0 Å². The molecule has 1 aliphatic carbocycles. The van der Waals surface area contributed by atoms with Gasteiger partial charge < -0.3 is 15.4 Å². The number of guanidine groups is 1. The smallest absolute Gasteiger partial charge is 0.191 e. The van der Waals surface area contributed by atoms with Crippen molar-refractivity contribution in [1.29, 1.82) is 0 Å². The highest BCUT2D eigenvalue weighted by Gasteiger charge is 2.33. The standard InChI is InChI=1S/C16H33N3O.HI/c1-4-6-12-18-15(17-5-2)19-14-16(11-13-20-3)9-7-8-10-16;/h4-14H2,1-3H3,(H2,17,18,19);1H. The molecule has 0 aromatic heterocycles. The molecule has 1 rings (SSSR count). The molecule has 0 unspecified atom stereocenters. The van der Waals surface area contributed by atoms with Crippen molar-refractivity contribution in [2.45, 2.75) is 58.8 Å². The van der Waals surface area contributed by atoms with Gasteiger partial charge in [0.05, 0.1) is 0 Å². The first-order valence-corrected chi connectivity index (χ1v) is 8.27. The molecule has 0 aromatic carbocycles. The SMILES string of the molecule is CCCCNC(=NCC1(CCOC)CCCC1)NCC.I. The average molecular weight is 411 g/mol. The lowest BCUT2D eigenvalue weighted by atomic mass is 9.83. The van der Waals surface area contributed by atoms with Crippen molar-refractivity contribution in [1.82, 2.24) is 10.6 Å². The molecule has 1 aliphatic rings. The van der Waals surface area contributed by atoms with E-state index >= 15 is 0 Å². The van der Waals surface area contributed by atoms with Crippen LogP contribution in [-0.2, 0) is 4.74 Å². The molecule has 0 bridgehead atoms. The molecule has 1 saturated carbocycles. The van der Waals surface area contributed by atoms with Crippen molar-refractivity contribution in [3.05, 3.63) is 0 Å². The van der Waals surface area contributed by atoms with Crippen molar-refractivity contribution in [3.63, 3.8) is 0 Å². The Kier molecular flexibility index (Phi) is 12.5. The molecule has 4 nitrogen and oxygen atoms in total. The second-order valence-corrected chi connectivity index (χ2v) is 5.93. The summed E-state index contributed by atoms with van der Waals surface area (Å²) in [7, 11) is 1.79. The summed E-state index contributed by atoms with van der Waals surface area (Å²) >= 11 is 0. The molecule has 0 saturated heterocycles. The quantitative estimate of drug-likeness (QED) is 0.264. The van der Waals surface area contributed by atoms with E-state index in [1.165, 1.54) is 38.5 Å². The topological polar surface area (TPSA) is 45.7 Å². The van der Waals surface area contributed by atoms with E-state index in [2.05, 4.69) is 24.5 Å². The van der Waals surface area contributed by atoms with Gasteiger partial charge in [-0.2, -0.15) is 0 Å². The van der Waals surface area contributed by atoms with Gasteiger partial charge in [0.2, 0.25) is 0 Å². The number of aliphatic imine (C=N–C) groups is 1. The van der Waals surface area contributed by atoms with Gasteiger partial charge in [0.1, 0.15) is 0 Å². The summed E-state index contributed by atoms with van der Waals surface area (Å²) < 4.78 is 5.28. The Hall–Kier alpha value is -0.0400. The normalized spacial score (nSPS) is 17.4. The second-order valence-electron chi connectivity index (χ2n) is 5.93. The lowest BCUT2D eigenvalue weighted by Crippen LogP contribution is -2.39. The first-order chi connectivity index (χ1) is 9.76. The molecule has 1 fully saturated rings. The fourth-order valence-corrected chi connectivity index (χ4v) is 2.90. The van der Waals surface area contributed by atoms with Crippen LogP contribution in [0.1, 0.15) is 58.8 Å². The molecule has 0 radical (unpaired) electrons. The third-order valence-corrected chi connectivity index (χ3v) is 4.24. The number of hydrogen-bond donors (Lipinski definition) is 2. The molecule has 0 aliphatic heterocycles. The first-order valence-electron chi connectivity index (χ1n) is 8.27. The Bertz CT molecular complexity index is 279. The third-order valence-electron chi connectivity index (χ3n) is 4.24. The number of halogens is 1. The molecule has 0 aromatic rings. The highest BCUT2D eigenvalue weighted by molar-refractivity contribution is 14.0. The van der Waals surface area contributed by atoms with Gasteiger partial charge >= 0.3 is 0 Å². The number of hydrogen-bond acceptors (Lipinski definition) is 2. The van der Waals surface area contributed by atoms with Crippen LogP contribution in [0, 0.1) is 5.41 Å². The van der Waals surface area contributed by atoms with Gasteiger partial charge in [-0.3, -0.25) is 4.99 Å². The number of ether oxygens (including phenoxy) is 1. The van der Waals surface area contributed by atoms with E-state index in [1.54, 1.807) is 7.11 Å². The fourth-order valence-electron chi connectivity index (χ4n) is 2.90. The Morgan fingerprint density at radius 3 is 2.48 bits per heavy atom. The molecule has 2 N–H and O–H groups in total. The molecule has 0 amide bonds. The molecular formula is C16H34IN3O. The average Bonchev–Trinajstić information content (AvgIpc) is 2.92. The minimum absolute atomic E-state index is 0. The van der Waals surface area contributed by atoms with E-state index < -0.39 is 0 Å². The van der Waals surface area contributed by atoms with Gasteiger partial charge in [0, 0.05) is 33.4 Å². The van der Waals surface area contributed by atoms with Crippen molar-refractivity contribution in [3.8, 4) is 0 Å². The van der Waals surface area contributed by atoms with Gasteiger partial charge in [-0.25, -0.2) is 0 Å². The maximum atomic E-state index is 5.28. The molecule has 126 valence electrons.